The third-order valence-corrected chi connectivity index (χ3v) is 3.39. The van der Waals surface area contributed by atoms with E-state index in [1.165, 1.54) is 17.7 Å². The maximum absolute atomic E-state index is 12.1. The second-order valence-corrected chi connectivity index (χ2v) is 5.42. The Morgan fingerprint density at radius 2 is 1.64 bits per heavy atom. The second-order valence-electron chi connectivity index (χ2n) is 5.42. The van der Waals surface area contributed by atoms with Crippen LogP contribution in [0.15, 0.2) is 53.5 Å². The quantitative estimate of drug-likeness (QED) is 0.608. The summed E-state index contributed by atoms with van der Waals surface area (Å²) in [6.07, 6.45) is -3.38. The number of hydrogen-bond acceptors (Lipinski definition) is 2. The number of nitrogens with zero attached hydrogens (tertiary/aromatic N) is 1. The van der Waals surface area contributed by atoms with Gasteiger partial charge in [-0.05, 0) is 41.8 Å². The average Bonchev–Trinajstić information content (AvgIpc) is 2.59. The van der Waals surface area contributed by atoms with E-state index in [0.29, 0.717) is 6.54 Å². The standard InChI is InChI=1S/C18H20F3N3O/c1-2-13-3-7-15(8-4-13)24-17(22)23-11-14-5-9-16(10-6-14)25-12-18(19,20)21/h3-10H,2,11-12H2,1H3,(H3,22,23,24). The number of halogens is 3. The first kappa shape index (κ1) is 18.6. The fraction of sp³-hybridized carbons (Fsp3) is 0.278. The van der Waals surface area contributed by atoms with E-state index in [0.717, 1.165) is 17.7 Å². The molecule has 0 heterocycles. The molecule has 134 valence electrons. The molecular formula is C18H20F3N3O. The number of benzene rings is 2. The zero-order valence-electron chi connectivity index (χ0n) is 13.8. The normalized spacial score (nSPS) is 12.1. The molecule has 2 aromatic carbocycles. The first-order chi connectivity index (χ1) is 11.9. The molecular weight excluding hydrogens is 331 g/mol. The van der Waals surface area contributed by atoms with Gasteiger partial charge < -0.3 is 15.8 Å². The van der Waals surface area contributed by atoms with Crippen molar-refractivity contribution in [2.75, 3.05) is 11.9 Å². The third-order valence-electron chi connectivity index (χ3n) is 3.39. The fourth-order valence-electron chi connectivity index (χ4n) is 2.04. The minimum Gasteiger partial charge on any atom is -0.484 e. The lowest BCUT2D eigenvalue weighted by atomic mass is 10.1. The zero-order valence-corrected chi connectivity index (χ0v) is 13.8. The first-order valence-corrected chi connectivity index (χ1v) is 7.80. The van der Waals surface area contributed by atoms with Crippen LogP contribution < -0.4 is 15.8 Å². The Hall–Kier alpha value is -2.70. The van der Waals surface area contributed by atoms with Crippen molar-refractivity contribution < 1.29 is 17.9 Å². The van der Waals surface area contributed by atoms with Gasteiger partial charge in [0.1, 0.15) is 5.75 Å². The average molecular weight is 351 g/mol. The van der Waals surface area contributed by atoms with E-state index in [1.807, 2.05) is 24.3 Å². The van der Waals surface area contributed by atoms with Crippen LogP contribution in [-0.4, -0.2) is 18.7 Å². The third kappa shape index (κ3) is 6.74. The molecule has 4 nitrogen and oxygen atoms in total. The van der Waals surface area contributed by atoms with Gasteiger partial charge in [0.05, 0.1) is 6.54 Å². The van der Waals surface area contributed by atoms with E-state index >= 15 is 0 Å². The summed E-state index contributed by atoms with van der Waals surface area (Å²) >= 11 is 0. The van der Waals surface area contributed by atoms with Gasteiger partial charge in [0.2, 0.25) is 0 Å². The number of ether oxygens (including phenoxy) is 1. The highest BCUT2D eigenvalue weighted by atomic mass is 19.4. The van der Waals surface area contributed by atoms with Crippen LogP contribution in [0.3, 0.4) is 0 Å². The highest BCUT2D eigenvalue weighted by Crippen LogP contribution is 2.19. The van der Waals surface area contributed by atoms with Crippen LogP contribution in [0, 0.1) is 0 Å². The molecule has 2 rings (SSSR count). The van der Waals surface area contributed by atoms with Crippen LogP contribution >= 0.6 is 0 Å². The van der Waals surface area contributed by atoms with Gasteiger partial charge in [0.15, 0.2) is 12.6 Å². The van der Waals surface area contributed by atoms with Crippen LogP contribution in [-0.2, 0) is 13.0 Å². The maximum atomic E-state index is 12.1. The van der Waals surface area contributed by atoms with E-state index < -0.39 is 12.8 Å². The molecule has 25 heavy (non-hydrogen) atoms. The molecule has 0 atom stereocenters. The fourth-order valence-corrected chi connectivity index (χ4v) is 2.04. The van der Waals surface area contributed by atoms with Crippen molar-refractivity contribution in [1.29, 1.82) is 0 Å². The Morgan fingerprint density at radius 1 is 1.04 bits per heavy atom. The lowest BCUT2D eigenvalue weighted by molar-refractivity contribution is -0.153. The van der Waals surface area contributed by atoms with Gasteiger partial charge in [-0.3, -0.25) is 0 Å². The van der Waals surface area contributed by atoms with Crippen molar-refractivity contribution in [3.63, 3.8) is 0 Å². The number of guanidine groups is 1. The highest BCUT2D eigenvalue weighted by molar-refractivity contribution is 5.92. The summed E-state index contributed by atoms with van der Waals surface area (Å²) in [5.74, 6) is 0.425. The lowest BCUT2D eigenvalue weighted by Crippen LogP contribution is -2.22. The zero-order chi connectivity index (χ0) is 18.3. The molecule has 2 aromatic rings. The summed E-state index contributed by atoms with van der Waals surface area (Å²) in [5.41, 5.74) is 8.72. The Kier molecular flexibility index (Phi) is 6.27. The smallest absolute Gasteiger partial charge is 0.422 e. The monoisotopic (exact) mass is 351 g/mol. The van der Waals surface area contributed by atoms with E-state index in [2.05, 4.69) is 22.0 Å². The van der Waals surface area contributed by atoms with Crippen molar-refractivity contribution in [1.82, 2.24) is 0 Å². The molecule has 0 fully saturated rings. The molecule has 0 radical (unpaired) electrons. The minimum atomic E-state index is -4.35. The molecule has 7 heteroatoms. The number of aryl methyl sites for hydroxylation is 1. The summed E-state index contributed by atoms with van der Waals surface area (Å²) in [7, 11) is 0. The highest BCUT2D eigenvalue weighted by Gasteiger charge is 2.28. The summed E-state index contributed by atoms with van der Waals surface area (Å²) in [6.45, 7) is 1.08. The number of aliphatic imine (C=N–C) groups is 1. The van der Waals surface area contributed by atoms with E-state index in [9.17, 15) is 13.2 Å². The minimum absolute atomic E-state index is 0.159. The van der Waals surface area contributed by atoms with Gasteiger partial charge >= 0.3 is 6.18 Å². The Balaban J connectivity index is 1.87. The molecule has 0 aliphatic carbocycles. The van der Waals surface area contributed by atoms with E-state index in [-0.39, 0.29) is 11.7 Å². The number of alkyl halides is 3. The van der Waals surface area contributed by atoms with Crippen LogP contribution in [0.25, 0.3) is 0 Å². The van der Waals surface area contributed by atoms with Gasteiger partial charge in [-0.15, -0.1) is 0 Å². The van der Waals surface area contributed by atoms with Gasteiger partial charge in [-0.1, -0.05) is 31.2 Å². The molecule has 0 aliphatic heterocycles. The summed E-state index contributed by atoms with van der Waals surface area (Å²) in [6, 6.07) is 14.1. The van der Waals surface area contributed by atoms with Crippen molar-refractivity contribution in [3.05, 3.63) is 59.7 Å². The SMILES string of the molecule is CCc1ccc(NC(N)=NCc2ccc(OCC(F)(F)F)cc2)cc1. The molecule has 0 bridgehead atoms. The number of rotatable bonds is 6. The Labute approximate surface area is 144 Å². The molecule has 0 aromatic heterocycles. The van der Waals surface area contributed by atoms with Crippen molar-refractivity contribution in [2.45, 2.75) is 26.1 Å². The molecule has 0 saturated heterocycles. The Morgan fingerprint density at radius 3 is 2.20 bits per heavy atom. The number of nitrogens with two attached hydrogens (primary N) is 1. The van der Waals surface area contributed by atoms with Gasteiger partial charge in [-0.25, -0.2) is 4.99 Å². The second kappa shape index (κ2) is 8.41. The van der Waals surface area contributed by atoms with Gasteiger partial charge in [0, 0.05) is 5.69 Å². The molecule has 0 saturated carbocycles. The van der Waals surface area contributed by atoms with Crippen molar-refractivity contribution >= 4 is 11.6 Å². The van der Waals surface area contributed by atoms with Crippen molar-refractivity contribution in [3.8, 4) is 5.75 Å². The predicted octanol–water partition coefficient (Wildman–Crippen LogP) is 4.12. The van der Waals surface area contributed by atoms with Crippen LogP contribution in [0.5, 0.6) is 5.75 Å². The summed E-state index contributed by atoms with van der Waals surface area (Å²) in [5, 5.41) is 2.99. The number of nitrogens with one attached hydrogen (secondary N) is 1. The molecule has 0 spiro atoms. The van der Waals surface area contributed by atoms with Crippen molar-refractivity contribution in [2.24, 2.45) is 10.7 Å². The van der Waals surface area contributed by atoms with Gasteiger partial charge in [0.25, 0.3) is 0 Å². The Bertz CT molecular complexity index is 695. The lowest BCUT2D eigenvalue weighted by Gasteiger charge is -2.09. The summed E-state index contributed by atoms with van der Waals surface area (Å²) in [4.78, 5) is 4.21. The van der Waals surface area contributed by atoms with Crippen LogP contribution in [0.1, 0.15) is 18.1 Å². The maximum Gasteiger partial charge on any atom is 0.422 e. The number of hydrogen-bond donors (Lipinski definition) is 2. The molecule has 0 unspecified atom stereocenters. The van der Waals surface area contributed by atoms with Crippen LogP contribution in [0.4, 0.5) is 18.9 Å². The van der Waals surface area contributed by atoms with E-state index in [1.54, 1.807) is 12.1 Å². The predicted molar refractivity (Wildman–Crippen MR) is 92.8 cm³/mol. The van der Waals surface area contributed by atoms with E-state index in [4.69, 9.17) is 5.73 Å². The van der Waals surface area contributed by atoms with Gasteiger partial charge in [-0.2, -0.15) is 13.2 Å². The molecule has 3 N–H and O–H groups in total. The molecule has 0 aliphatic rings. The molecule has 0 amide bonds. The number of anilines is 1. The topological polar surface area (TPSA) is 59.6 Å². The first-order valence-electron chi connectivity index (χ1n) is 7.80. The summed E-state index contributed by atoms with van der Waals surface area (Å²) < 4.78 is 40.9. The van der Waals surface area contributed by atoms with Crippen LogP contribution in [0.2, 0.25) is 0 Å². The largest absolute Gasteiger partial charge is 0.484 e.